The Labute approximate surface area is 318 Å². The van der Waals surface area contributed by atoms with E-state index in [-0.39, 0.29) is 5.41 Å². The highest BCUT2D eigenvalue weighted by molar-refractivity contribution is 7.25. The second-order valence-corrected chi connectivity index (χ2v) is 16.0. The van der Waals surface area contributed by atoms with Crippen LogP contribution in [0.15, 0.2) is 180 Å². The van der Waals surface area contributed by atoms with E-state index in [4.69, 9.17) is 4.42 Å². The first-order chi connectivity index (χ1) is 26.5. The highest BCUT2D eigenvalue weighted by Crippen LogP contribution is 2.52. The summed E-state index contributed by atoms with van der Waals surface area (Å²) in [4.78, 5) is 2.48. The Morgan fingerprint density at radius 1 is 0.426 bits per heavy atom. The van der Waals surface area contributed by atoms with Crippen LogP contribution in [-0.2, 0) is 5.41 Å². The maximum Gasteiger partial charge on any atom is 0.135 e. The Morgan fingerprint density at radius 2 is 1.09 bits per heavy atom. The minimum Gasteiger partial charge on any atom is -0.456 e. The summed E-state index contributed by atoms with van der Waals surface area (Å²) in [5.74, 6) is 0. The molecule has 1 aliphatic carbocycles. The van der Waals surface area contributed by atoms with E-state index in [1.807, 2.05) is 17.4 Å². The lowest BCUT2D eigenvalue weighted by Crippen LogP contribution is -2.16. The molecule has 0 saturated heterocycles. The third kappa shape index (κ3) is 4.72. The highest BCUT2D eigenvalue weighted by Gasteiger charge is 2.36. The molecule has 11 rings (SSSR count). The van der Waals surface area contributed by atoms with E-state index in [1.165, 1.54) is 59.1 Å². The van der Waals surface area contributed by atoms with Crippen LogP contribution < -0.4 is 4.90 Å². The van der Waals surface area contributed by atoms with E-state index in [0.29, 0.717) is 0 Å². The van der Waals surface area contributed by atoms with Gasteiger partial charge in [-0.15, -0.1) is 11.3 Å². The van der Waals surface area contributed by atoms with E-state index in [0.717, 1.165) is 44.6 Å². The van der Waals surface area contributed by atoms with Crippen molar-refractivity contribution in [3.05, 3.63) is 187 Å². The van der Waals surface area contributed by atoms with E-state index in [2.05, 4.69) is 189 Å². The summed E-state index contributed by atoms with van der Waals surface area (Å²) in [6.07, 6.45) is 0. The van der Waals surface area contributed by atoms with Crippen LogP contribution in [0.1, 0.15) is 25.0 Å². The summed E-state index contributed by atoms with van der Waals surface area (Å²) >= 11 is 1.86. The number of para-hydroxylation sites is 1. The number of nitrogens with zero attached hydrogens (tertiary/aromatic N) is 1. The zero-order valence-electron chi connectivity index (χ0n) is 30.0. The number of furan rings is 1. The topological polar surface area (TPSA) is 16.4 Å². The van der Waals surface area contributed by atoms with Gasteiger partial charge in [0.05, 0.1) is 5.69 Å². The lowest BCUT2D eigenvalue weighted by atomic mass is 9.82. The van der Waals surface area contributed by atoms with Crippen LogP contribution in [0, 0.1) is 0 Å². The van der Waals surface area contributed by atoms with Crippen molar-refractivity contribution in [2.75, 3.05) is 4.90 Å². The van der Waals surface area contributed by atoms with Crippen LogP contribution in [0.3, 0.4) is 0 Å². The summed E-state index contributed by atoms with van der Waals surface area (Å²) in [7, 11) is 0. The first kappa shape index (κ1) is 31.1. The Bertz CT molecular complexity index is 3080. The molecule has 2 aromatic heterocycles. The fraction of sp³-hybridized carbons (Fsp3) is 0.0588. The molecule has 0 aliphatic heterocycles. The molecule has 1 aliphatic rings. The zero-order valence-corrected chi connectivity index (χ0v) is 30.8. The van der Waals surface area contributed by atoms with Gasteiger partial charge in [-0.1, -0.05) is 129 Å². The minimum absolute atomic E-state index is 0.129. The molecular weight excluding hydrogens is 675 g/mol. The second kappa shape index (κ2) is 11.8. The second-order valence-electron chi connectivity index (χ2n) is 14.9. The van der Waals surface area contributed by atoms with Gasteiger partial charge in [-0.05, 0) is 99.6 Å². The predicted octanol–water partition coefficient (Wildman–Crippen LogP) is 15.1. The molecule has 2 nitrogen and oxygen atoms in total. The smallest absolute Gasteiger partial charge is 0.135 e. The number of thiophene rings is 1. The number of fused-ring (bicyclic) bond motifs is 9. The van der Waals surface area contributed by atoms with Gasteiger partial charge in [-0.3, -0.25) is 0 Å². The summed E-state index contributed by atoms with van der Waals surface area (Å²) in [6.45, 7) is 4.72. The molecule has 2 heterocycles. The molecule has 10 aromatic rings. The van der Waals surface area contributed by atoms with Crippen LogP contribution in [0.25, 0.3) is 75.5 Å². The summed E-state index contributed by atoms with van der Waals surface area (Å²) < 4.78 is 8.87. The van der Waals surface area contributed by atoms with E-state index < -0.39 is 0 Å². The van der Waals surface area contributed by atoms with Gasteiger partial charge in [0.15, 0.2) is 0 Å². The molecule has 0 spiro atoms. The molecule has 256 valence electrons. The maximum absolute atomic E-state index is 6.30. The molecular formula is C51H35NOS. The summed E-state index contributed by atoms with van der Waals surface area (Å²) in [5, 5.41) is 4.82. The van der Waals surface area contributed by atoms with Crippen LogP contribution in [0.2, 0.25) is 0 Å². The van der Waals surface area contributed by atoms with Crippen LogP contribution in [0.5, 0.6) is 0 Å². The van der Waals surface area contributed by atoms with Crippen LogP contribution in [0.4, 0.5) is 17.1 Å². The van der Waals surface area contributed by atoms with Gasteiger partial charge in [0, 0.05) is 53.3 Å². The van der Waals surface area contributed by atoms with Gasteiger partial charge in [0.25, 0.3) is 0 Å². The van der Waals surface area contributed by atoms with E-state index in [9.17, 15) is 0 Å². The summed E-state index contributed by atoms with van der Waals surface area (Å²) in [6, 6.07) is 64.3. The van der Waals surface area contributed by atoms with Gasteiger partial charge in [-0.2, -0.15) is 0 Å². The van der Waals surface area contributed by atoms with Crippen molar-refractivity contribution in [3.8, 4) is 33.4 Å². The predicted molar refractivity (Wildman–Crippen MR) is 230 cm³/mol. The zero-order chi connectivity index (χ0) is 36.0. The molecule has 0 fully saturated rings. The average Bonchev–Trinajstić information content (AvgIpc) is 3.85. The molecule has 0 saturated carbocycles. The van der Waals surface area contributed by atoms with Crippen LogP contribution in [-0.4, -0.2) is 0 Å². The highest BCUT2D eigenvalue weighted by atomic mass is 32.1. The third-order valence-corrected chi connectivity index (χ3v) is 12.6. The fourth-order valence-electron chi connectivity index (χ4n) is 8.76. The maximum atomic E-state index is 6.30. The van der Waals surface area contributed by atoms with Gasteiger partial charge in [0.2, 0.25) is 0 Å². The first-order valence-electron chi connectivity index (χ1n) is 18.6. The van der Waals surface area contributed by atoms with E-state index in [1.54, 1.807) is 0 Å². The van der Waals surface area contributed by atoms with Crippen molar-refractivity contribution >= 4 is 70.5 Å². The molecule has 0 unspecified atom stereocenters. The molecule has 3 heteroatoms. The van der Waals surface area contributed by atoms with Crippen molar-refractivity contribution < 1.29 is 4.42 Å². The molecule has 0 atom stereocenters. The quantitative estimate of drug-likeness (QED) is 0.177. The fourth-order valence-corrected chi connectivity index (χ4v) is 9.88. The van der Waals surface area contributed by atoms with Crippen molar-refractivity contribution in [1.29, 1.82) is 0 Å². The van der Waals surface area contributed by atoms with Crippen molar-refractivity contribution in [2.24, 2.45) is 0 Å². The first-order valence-corrected chi connectivity index (χ1v) is 19.4. The van der Waals surface area contributed by atoms with Gasteiger partial charge in [-0.25, -0.2) is 0 Å². The van der Waals surface area contributed by atoms with Crippen molar-refractivity contribution in [3.63, 3.8) is 0 Å². The Hall–Kier alpha value is -6.42. The minimum atomic E-state index is -0.129. The number of anilines is 3. The SMILES string of the molecule is CC1(C)c2ccccc2-c2ccc(N(c3ccc(-c4ccccc4)cc3)c3cc4sc5ccccc5c4cc3-c3ccc4oc5ccccc5c4c3)cc21. The normalized spacial score (nSPS) is 13.1. The van der Waals surface area contributed by atoms with Crippen molar-refractivity contribution in [1.82, 2.24) is 0 Å². The molecule has 54 heavy (non-hydrogen) atoms. The largest absolute Gasteiger partial charge is 0.456 e. The number of rotatable bonds is 5. The monoisotopic (exact) mass is 709 g/mol. The molecule has 8 aromatic carbocycles. The third-order valence-electron chi connectivity index (χ3n) is 11.5. The number of hydrogen-bond acceptors (Lipinski definition) is 3. The Balaban J connectivity index is 1.19. The Morgan fingerprint density at radius 3 is 1.96 bits per heavy atom. The van der Waals surface area contributed by atoms with Crippen LogP contribution >= 0.6 is 11.3 Å². The average molecular weight is 710 g/mol. The van der Waals surface area contributed by atoms with Gasteiger partial charge < -0.3 is 9.32 Å². The van der Waals surface area contributed by atoms with E-state index >= 15 is 0 Å². The lowest BCUT2D eigenvalue weighted by Gasteiger charge is -2.30. The standard InChI is InChI=1S/C51H35NOS/c1-51(2)44-17-9-6-14-37(44)38-26-25-36(29-45(38)51)52(35-23-20-33(21-24-35)32-12-4-3-5-13-32)46-31-50-43(40-16-8-11-19-49(40)54-50)30-41(46)34-22-27-48-42(28-34)39-15-7-10-18-47(39)53-48/h3-31H,1-2H3. The summed E-state index contributed by atoms with van der Waals surface area (Å²) in [5.41, 5.74) is 15.2. The van der Waals surface area contributed by atoms with Gasteiger partial charge in [0.1, 0.15) is 11.2 Å². The van der Waals surface area contributed by atoms with Crippen molar-refractivity contribution in [2.45, 2.75) is 19.3 Å². The van der Waals surface area contributed by atoms with Gasteiger partial charge >= 0.3 is 0 Å². The number of benzene rings is 8. The molecule has 0 N–H and O–H groups in total. The lowest BCUT2D eigenvalue weighted by molar-refractivity contribution is 0.660. The number of hydrogen-bond donors (Lipinski definition) is 0. The molecule has 0 bridgehead atoms. The molecule has 0 radical (unpaired) electrons. The Kier molecular flexibility index (Phi) is 6.80. The molecule has 0 amide bonds.